The van der Waals surface area contributed by atoms with E-state index < -0.39 is 0 Å². The Hall–Kier alpha value is -1.07. The van der Waals surface area contributed by atoms with Crippen molar-refractivity contribution in [2.75, 3.05) is 11.9 Å². The zero-order valence-corrected chi connectivity index (χ0v) is 12.1. The van der Waals surface area contributed by atoms with E-state index in [2.05, 4.69) is 24.3 Å². The zero-order valence-electron chi connectivity index (χ0n) is 11.3. The van der Waals surface area contributed by atoms with Gasteiger partial charge in [0.15, 0.2) is 0 Å². The third-order valence-electron chi connectivity index (χ3n) is 3.62. The first kappa shape index (κ1) is 14.3. The second kappa shape index (κ2) is 5.51. The minimum absolute atomic E-state index is 0.132. The molecule has 0 aromatic carbocycles. The highest BCUT2D eigenvalue weighted by Gasteiger charge is 2.31. The zero-order chi connectivity index (χ0) is 14.0. The van der Waals surface area contributed by atoms with Crippen molar-refractivity contribution in [3.63, 3.8) is 0 Å². The maximum atomic E-state index is 11.9. The molecule has 0 aliphatic heterocycles. The Morgan fingerprint density at radius 3 is 2.95 bits per heavy atom. The number of halogens is 1. The van der Waals surface area contributed by atoms with Gasteiger partial charge in [-0.1, -0.05) is 25.4 Å². The van der Waals surface area contributed by atoms with Gasteiger partial charge in [-0.3, -0.25) is 4.79 Å². The maximum absolute atomic E-state index is 11.9. The molecule has 1 aromatic rings. The topological polar surface area (TPSA) is 67.2 Å². The van der Waals surface area contributed by atoms with Crippen molar-refractivity contribution in [3.8, 4) is 0 Å². The highest BCUT2D eigenvalue weighted by atomic mass is 35.5. The highest BCUT2D eigenvalue weighted by Crippen LogP contribution is 2.38. The summed E-state index contributed by atoms with van der Waals surface area (Å²) in [5.41, 5.74) is 0.560. The van der Waals surface area contributed by atoms with Crippen LogP contribution in [0.3, 0.4) is 0 Å². The molecule has 0 bridgehead atoms. The smallest absolute Gasteiger partial charge is 0.287 e. The van der Waals surface area contributed by atoms with Crippen LogP contribution in [-0.2, 0) is 6.54 Å². The number of hydrogen-bond donors (Lipinski definition) is 2. The monoisotopic (exact) mass is 285 g/mol. The van der Waals surface area contributed by atoms with E-state index in [1.54, 1.807) is 6.20 Å². The van der Waals surface area contributed by atoms with Gasteiger partial charge in [-0.25, -0.2) is 4.68 Å². The van der Waals surface area contributed by atoms with Crippen LogP contribution in [0.2, 0.25) is 5.02 Å². The lowest BCUT2D eigenvalue weighted by Crippen LogP contribution is -2.27. The summed E-state index contributed by atoms with van der Waals surface area (Å²) in [5.74, 6) is 0. The normalized spacial score (nSPS) is 21.6. The van der Waals surface area contributed by atoms with E-state index in [0.717, 1.165) is 19.3 Å². The second-order valence-corrected chi connectivity index (χ2v) is 6.25. The summed E-state index contributed by atoms with van der Waals surface area (Å²) in [6, 6.07) is 0.336. The first-order valence-corrected chi connectivity index (χ1v) is 6.94. The minimum Gasteiger partial charge on any atom is -0.394 e. The molecule has 1 fully saturated rings. The molecule has 1 unspecified atom stereocenters. The van der Waals surface area contributed by atoms with Crippen molar-refractivity contribution in [3.05, 3.63) is 21.6 Å². The van der Waals surface area contributed by atoms with Gasteiger partial charge in [0.05, 0.1) is 25.0 Å². The van der Waals surface area contributed by atoms with Gasteiger partial charge in [-0.15, -0.1) is 0 Å². The van der Waals surface area contributed by atoms with Crippen molar-refractivity contribution in [1.29, 1.82) is 0 Å². The molecule has 1 aromatic heterocycles. The predicted octanol–water partition coefficient (Wildman–Crippen LogP) is 1.88. The SMILES string of the molecule is CC1(C)CCC(Nc2cnn(CCO)c(=O)c2Cl)C1. The average Bonchev–Trinajstić information content (AvgIpc) is 2.69. The van der Waals surface area contributed by atoms with E-state index in [1.165, 1.54) is 4.68 Å². The number of nitrogens with zero attached hydrogens (tertiary/aromatic N) is 2. The molecule has 1 aliphatic rings. The maximum Gasteiger partial charge on any atom is 0.287 e. The molecule has 2 N–H and O–H groups in total. The second-order valence-electron chi connectivity index (χ2n) is 5.87. The number of aromatic nitrogens is 2. The van der Waals surface area contributed by atoms with Gasteiger partial charge in [0, 0.05) is 6.04 Å². The molecule has 106 valence electrons. The quantitative estimate of drug-likeness (QED) is 0.886. The van der Waals surface area contributed by atoms with Crippen molar-refractivity contribution in [2.24, 2.45) is 5.41 Å². The lowest BCUT2D eigenvalue weighted by Gasteiger charge is -2.19. The van der Waals surface area contributed by atoms with Crippen LogP contribution in [0.25, 0.3) is 0 Å². The van der Waals surface area contributed by atoms with Gasteiger partial charge in [0.25, 0.3) is 5.56 Å². The van der Waals surface area contributed by atoms with E-state index in [0.29, 0.717) is 17.1 Å². The van der Waals surface area contributed by atoms with Gasteiger partial charge < -0.3 is 10.4 Å². The Kier molecular flexibility index (Phi) is 4.16. The number of aliphatic hydroxyl groups excluding tert-OH is 1. The summed E-state index contributed by atoms with van der Waals surface area (Å²) in [7, 11) is 0. The van der Waals surface area contributed by atoms with Crippen LogP contribution < -0.4 is 10.9 Å². The molecule has 0 radical (unpaired) electrons. The van der Waals surface area contributed by atoms with E-state index in [1.807, 2.05) is 0 Å². The van der Waals surface area contributed by atoms with Crippen LogP contribution in [0.1, 0.15) is 33.1 Å². The molecular formula is C13H20ClN3O2. The van der Waals surface area contributed by atoms with Gasteiger partial charge in [-0.05, 0) is 24.7 Å². The number of hydrogen-bond acceptors (Lipinski definition) is 4. The fourth-order valence-corrected chi connectivity index (χ4v) is 2.80. The third kappa shape index (κ3) is 3.28. The van der Waals surface area contributed by atoms with Crippen LogP contribution in [0.4, 0.5) is 5.69 Å². The third-order valence-corrected chi connectivity index (χ3v) is 3.99. The Balaban J connectivity index is 2.14. The van der Waals surface area contributed by atoms with Gasteiger partial charge in [0.2, 0.25) is 0 Å². The van der Waals surface area contributed by atoms with E-state index >= 15 is 0 Å². The Labute approximate surface area is 117 Å². The van der Waals surface area contributed by atoms with Crippen molar-refractivity contribution in [2.45, 2.75) is 45.7 Å². The van der Waals surface area contributed by atoms with Crippen molar-refractivity contribution >= 4 is 17.3 Å². The highest BCUT2D eigenvalue weighted by molar-refractivity contribution is 6.32. The van der Waals surface area contributed by atoms with Crippen LogP contribution in [0, 0.1) is 5.41 Å². The Morgan fingerprint density at radius 1 is 1.63 bits per heavy atom. The van der Waals surface area contributed by atoms with Gasteiger partial charge in [0.1, 0.15) is 5.02 Å². The predicted molar refractivity (Wildman–Crippen MR) is 75.6 cm³/mol. The fraction of sp³-hybridized carbons (Fsp3) is 0.692. The first-order valence-electron chi connectivity index (χ1n) is 6.56. The summed E-state index contributed by atoms with van der Waals surface area (Å²) in [6.07, 6.45) is 4.86. The number of nitrogens with one attached hydrogen (secondary N) is 1. The molecule has 2 rings (SSSR count). The molecule has 1 saturated carbocycles. The largest absolute Gasteiger partial charge is 0.394 e. The van der Waals surface area contributed by atoms with E-state index in [4.69, 9.17) is 16.7 Å². The Bertz CT molecular complexity index is 513. The van der Waals surface area contributed by atoms with Crippen LogP contribution >= 0.6 is 11.6 Å². The van der Waals surface area contributed by atoms with Gasteiger partial charge in [-0.2, -0.15) is 5.10 Å². The molecule has 1 atom stereocenters. The summed E-state index contributed by atoms with van der Waals surface area (Å²) in [4.78, 5) is 11.9. The molecule has 5 nitrogen and oxygen atoms in total. The van der Waals surface area contributed by atoms with Crippen molar-refractivity contribution < 1.29 is 5.11 Å². The first-order chi connectivity index (χ1) is 8.93. The number of anilines is 1. The van der Waals surface area contributed by atoms with Crippen LogP contribution in [0.15, 0.2) is 11.0 Å². The van der Waals surface area contributed by atoms with E-state index in [-0.39, 0.29) is 23.7 Å². The molecular weight excluding hydrogens is 266 g/mol. The van der Waals surface area contributed by atoms with E-state index in [9.17, 15) is 4.79 Å². The Morgan fingerprint density at radius 2 is 2.37 bits per heavy atom. The molecule has 19 heavy (non-hydrogen) atoms. The van der Waals surface area contributed by atoms with Crippen LogP contribution in [-0.4, -0.2) is 27.5 Å². The summed E-state index contributed by atoms with van der Waals surface area (Å²) in [6.45, 7) is 4.52. The molecule has 0 saturated heterocycles. The standard InChI is InChI=1S/C13H20ClN3O2/c1-13(2)4-3-9(7-13)16-10-8-15-17(5-6-18)12(19)11(10)14/h8-9,16,18H,3-7H2,1-2H3. The lowest BCUT2D eigenvalue weighted by atomic mass is 9.92. The molecule has 1 aliphatic carbocycles. The average molecular weight is 286 g/mol. The summed E-state index contributed by atoms with van der Waals surface area (Å²) in [5, 5.41) is 16.3. The van der Waals surface area contributed by atoms with Gasteiger partial charge >= 0.3 is 0 Å². The fourth-order valence-electron chi connectivity index (χ4n) is 2.60. The van der Waals surface area contributed by atoms with Crippen LogP contribution in [0.5, 0.6) is 0 Å². The molecule has 6 heteroatoms. The summed E-state index contributed by atoms with van der Waals surface area (Å²) >= 11 is 6.07. The molecule has 0 spiro atoms. The summed E-state index contributed by atoms with van der Waals surface area (Å²) < 4.78 is 1.17. The van der Waals surface area contributed by atoms with Crippen molar-refractivity contribution in [1.82, 2.24) is 9.78 Å². The minimum atomic E-state index is -0.363. The molecule has 1 heterocycles. The lowest BCUT2D eigenvalue weighted by molar-refractivity contribution is 0.266. The molecule has 0 amide bonds. The number of aliphatic hydroxyl groups is 1. The number of rotatable bonds is 4.